The van der Waals surface area contributed by atoms with Crippen LogP contribution in [0, 0.1) is 0 Å². The van der Waals surface area contributed by atoms with Gasteiger partial charge in [0.15, 0.2) is 5.69 Å². The maximum absolute atomic E-state index is 12.3. The van der Waals surface area contributed by atoms with Crippen molar-refractivity contribution in [1.82, 2.24) is 25.6 Å². The number of hydrogen-bond donors (Lipinski definition) is 4. The summed E-state index contributed by atoms with van der Waals surface area (Å²) >= 11 is 0. The Bertz CT molecular complexity index is 1050. The number of nitrogens with zero attached hydrogens (tertiary/aromatic N) is 3. The highest BCUT2D eigenvalue weighted by Gasteiger charge is 2.31. The predicted octanol–water partition coefficient (Wildman–Crippen LogP) is 1.71. The molecular weight excluding hydrogens is 455 g/mol. The van der Waals surface area contributed by atoms with Gasteiger partial charge >= 0.3 is 6.36 Å². The number of rotatable bonds is 11. The quantitative estimate of drug-likeness (QED) is 0.282. The number of halogens is 3. The van der Waals surface area contributed by atoms with Crippen molar-refractivity contribution in [2.24, 2.45) is 11.5 Å². The van der Waals surface area contributed by atoms with E-state index in [1.54, 1.807) is 17.0 Å². The average Bonchev–Trinajstić information content (AvgIpc) is 3.22. The number of allylic oxidation sites excluding steroid dienone is 3. The molecule has 0 radical (unpaired) electrons. The van der Waals surface area contributed by atoms with E-state index in [9.17, 15) is 22.8 Å². The van der Waals surface area contributed by atoms with Gasteiger partial charge in [-0.2, -0.15) is 0 Å². The van der Waals surface area contributed by atoms with Crippen LogP contribution in [0.4, 0.5) is 13.2 Å². The summed E-state index contributed by atoms with van der Waals surface area (Å²) in [6.45, 7) is 0.570. The van der Waals surface area contributed by atoms with E-state index in [0.717, 1.165) is 25.0 Å². The second kappa shape index (κ2) is 12.3. The standard InChI is InChI=1S/C21H26F3N7O3/c1-27-20(33)17-13-31(30-29-17)10-3-2-6-15(25)8-9-18(26)28-19(32)12-14-5-4-7-16(11-14)34-21(22,23)24/h4-5,7-9,11,13H,2-3,6,10,12,25-26H2,1H3,(H,27,33)(H,28,32)/b15-8-,18-9+. The molecule has 0 aliphatic carbocycles. The Hall–Kier alpha value is -4.03. The average molecular weight is 481 g/mol. The lowest BCUT2D eigenvalue weighted by Gasteiger charge is -2.10. The minimum absolute atomic E-state index is 0.0417. The van der Waals surface area contributed by atoms with E-state index >= 15 is 0 Å². The smallest absolute Gasteiger partial charge is 0.406 e. The van der Waals surface area contributed by atoms with Gasteiger partial charge in [0, 0.05) is 19.3 Å². The summed E-state index contributed by atoms with van der Waals surface area (Å²) in [7, 11) is 1.51. The van der Waals surface area contributed by atoms with E-state index in [2.05, 4.69) is 25.7 Å². The third-order valence-corrected chi connectivity index (χ3v) is 4.36. The number of aromatic nitrogens is 3. The normalized spacial score (nSPS) is 12.4. The number of carbonyl (C=O) groups is 2. The van der Waals surface area contributed by atoms with Crippen LogP contribution in [0.5, 0.6) is 5.75 Å². The molecule has 6 N–H and O–H groups in total. The summed E-state index contributed by atoms with van der Waals surface area (Å²) < 4.78 is 42.3. The summed E-state index contributed by atoms with van der Waals surface area (Å²) in [6, 6.07) is 5.13. The molecule has 0 fully saturated rings. The molecule has 0 aliphatic heterocycles. The molecule has 184 valence electrons. The highest BCUT2D eigenvalue weighted by atomic mass is 19.4. The van der Waals surface area contributed by atoms with Crippen molar-refractivity contribution in [1.29, 1.82) is 0 Å². The fraction of sp³-hybridized carbons (Fsp3) is 0.333. The van der Waals surface area contributed by atoms with E-state index in [1.807, 2.05) is 0 Å². The molecule has 2 amide bonds. The summed E-state index contributed by atoms with van der Waals surface area (Å²) in [6.07, 6.45) is 1.62. The van der Waals surface area contributed by atoms with Gasteiger partial charge in [-0.1, -0.05) is 17.3 Å². The van der Waals surface area contributed by atoms with Crippen molar-refractivity contribution >= 4 is 11.8 Å². The number of aryl methyl sites for hydroxylation is 1. The third kappa shape index (κ3) is 9.63. The maximum atomic E-state index is 12.3. The van der Waals surface area contributed by atoms with Crippen LogP contribution in [0.15, 0.2) is 54.1 Å². The van der Waals surface area contributed by atoms with Gasteiger partial charge in [0.1, 0.15) is 11.6 Å². The number of alkyl halides is 3. The molecule has 2 rings (SSSR count). The highest BCUT2D eigenvalue weighted by Crippen LogP contribution is 2.23. The topological polar surface area (TPSA) is 150 Å². The largest absolute Gasteiger partial charge is 0.573 e. The van der Waals surface area contributed by atoms with Crippen LogP contribution >= 0.6 is 0 Å². The van der Waals surface area contributed by atoms with Gasteiger partial charge in [0.25, 0.3) is 5.91 Å². The molecule has 13 heteroatoms. The number of amides is 2. The monoisotopic (exact) mass is 481 g/mol. The van der Waals surface area contributed by atoms with E-state index in [4.69, 9.17) is 11.5 Å². The molecule has 0 atom stereocenters. The van der Waals surface area contributed by atoms with E-state index in [0.29, 0.717) is 24.2 Å². The molecule has 10 nitrogen and oxygen atoms in total. The van der Waals surface area contributed by atoms with Crippen LogP contribution < -0.4 is 26.8 Å². The molecule has 1 aromatic heterocycles. The van der Waals surface area contributed by atoms with Gasteiger partial charge in [-0.05, 0) is 49.1 Å². The molecule has 1 aromatic carbocycles. The molecule has 0 spiro atoms. The van der Waals surface area contributed by atoms with Gasteiger partial charge in [-0.3, -0.25) is 14.3 Å². The van der Waals surface area contributed by atoms with Crippen molar-refractivity contribution in [3.63, 3.8) is 0 Å². The first kappa shape index (κ1) is 26.2. The third-order valence-electron chi connectivity index (χ3n) is 4.36. The maximum Gasteiger partial charge on any atom is 0.573 e. The fourth-order valence-corrected chi connectivity index (χ4v) is 2.81. The number of nitrogens with two attached hydrogens (primary N) is 2. The van der Waals surface area contributed by atoms with Crippen LogP contribution in [-0.4, -0.2) is 40.2 Å². The first-order chi connectivity index (χ1) is 16.1. The van der Waals surface area contributed by atoms with Crippen LogP contribution in [0.2, 0.25) is 0 Å². The van der Waals surface area contributed by atoms with Crippen molar-refractivity contribution in [3.05, 3.63) is 65.4 Å². The van der Waals surface area contributed by atoms with Crippen LogP contribution in [0.25, 0.3) is 0 Å². The minimum atomic E-state index is -4.81. The summed E-state index contributed by atoms with van der Waals surface area (Å²) in [4.78, 5) is 23.5. The Morgan fingerprint density at radius 1 is 1.21 bits per heavy atom. The Morgan fingerprint density at radius 3 is 2.68 bits per heavy atom. The first-order valence-corrected chi connectivity index (χ1v) is 10.2. The van der Waals surface area contributed by atoms with Crippen molar-refractivity contribution in [2.45, 2.75) is 38.6 Å². The zero-order valence-corrected chi connectivity index (χ0v) is 18.4. The van der Waals surface area contributed by atoms with Crippen molar-refractivity contribution < 1.29 is 27.5 Å². The summed E-state index contributed by atoms with van der Waals surface area (Å²) in [5, 5.41) is 12.6. The lowest BCUT2D eigenvalue weighted by Crippen LogP contribution is -2.28. The number of nitrogens with one attached hydrogen (secondary N) is 2. The van der Waals surface area contributed by atoms with Gasteiger partial charge in [-0.15, -0.1) is 18.3 Å². The van der Waals surface area contributed by atoms with Crippen LogP contribution in [0.1, 0.15) is 35.3 Å². The first-order valence-electron chi connectivity index (χ1n) is 10.2. The van der Waals surface area contributed by atoms with E-state index in [-0.39, 0.29) is 23.8 Å². The SMILES string of the molecule is CNC(=O)c1cn(CCCC/C(N)=C/C=C(\N)NC(=O)Cc2cccc(OC(F)(F)F)c2)nn1. The Labute approximate surface area is 193 Å². The Kier molecular flexibility index (Phi) is 9.47. The molecule has 0 bridgehead atoms. The molecule has 0 saturated heterocycles. The van der Waals surface area contributed by atoms with Crippen LogP contribution in [-0.2, 0) is 17.8 Å². The minimum Gasteiger partial charge on any atom is -0.406 e. The zero-order valence-electron chi connectivity index (χ0n) is 18.4. The number of hydrogen-bond acceptors (Lipinski definition) is 7. The van der Waals surface area contributed by atoms with Gasteiger partial charge in [-0.25, -0.2) is 0 Å². The Balaban J connectivity index is 1.75. The predicted molar refractivity (Wildman–Crippen MR) is 117 cm³/mol. The second-order valence-electron chi connectivity index (χ2n) is 7.19. The van der Waals surface area contributed by atoms with E-state index < -0.39 is 18.0 Å². The number of unbranched alkanes of at least 4 members (excludes halogenated alkanes) is 1. The van der Waals surface area contributed by atoms with Gasteiger partial charge < -0.3 is 26.8 Å². The number of carbonyl (C=O) groups excluding carboxylic acids is 2. The molecule has 34 heavy (non-hydrogen) atoms. The molecule has 0 saturated carbocycles. The van der Waals surface area contributed by atoms with Crippen LogP contribution in [0.3, 0.4) is 0 Å². The molecular formula is C21H26F3N7O3. The van der Waals surface area contributed by atoms with Crippen molar-refractivity contribution in [3.8, 4) is 5.75 Å². The lowest BCUT2D eigenvalue weighted by molar-refractivity contribution is -0.274. The zero-order chi connectivity index (χ0) is 25.1. The molecule has 1 heterocycles. The summed E-state index contributed by atoms with van der Waals surface area (Å²) in [5.74, 6) is -1.18. The molecule has 2 aromatic rings. The second-order valence-corrected chi connectivity index (χ2v) is 7.19. The van der Waals surface area contributed by atoms with Crippen molar-refractivity contribution in [2.75, 3.05) is 7.05 Å². The van der Waals surface area contributed by atoms with Gasteiger partial charge in [0.2, 0.25) is 5.91 Å². The summed E-state index contributed by atoms with van der Waals surface area (Å²) in [5.41, 5.74) is 12.8. The fourth-order valence-electron chi connectivity index (χ4n) is 2.81. The molecule has 0 aliphatic rings. The van der Waals surface area contributed by atoms with E-state index in [1.165, 1.54) is 25.3 Å². The molecule has 0 unspecified atom stereocenters. The van der Waals surface area contributed by atoms with Gasteiger partial charge in [0.05, 0.1) is 12.6 Å². The highest BCUT2D eigenvalue weighted by molar-refractivity contribution is 5.91. The number of ether oxygens (including phenoxy) is 1. The lowest BCUT2D eigenvalue weighted by atomic mass is 10.1. The number of benzene rings is 1. The Morgan fingerprint density at radius 2 is 1.97 bits per heavy atom.